The minimum absolute atomic E-state index is 0.0325. The van der Waals surface area contributed by atoms with E-state index in [1.54, 1.807) is 6.07 Å². The molecule has 88 valence electrons. The van der Waals surface area contributed by atoms with Crippen molar-refractivity contribution in [1.82, 2.24) is 5.32 Å². The molecule has 0 radical (unpaired) electrons. The van der Waals surface area contributed by atoms with Crippen LogP contribution in [-0.2, 0) is 0 Å². The molecular weight excluding hydrogens is 202 g/mol. The molecule has 0 aliphatic carbocycles. The highest BCUT2D eigenvalue weighted by Gasteiger charge is 2.15. The van der Waals surface area contributed by atoms with Crippen LogP contribution in [0.2, 0.25) is 0 Å². The summed E-state index contributed by atoms with van der Waals surface area (Å²) in [5.41, 5.74) is 1.69. The SMILES string of the molecule is Cc1cccc(C(=O)N[C@H](CO)C(C)C)c1. The zero-order valence-corrected chi connectivity index (χ0v) is 10.0. The van der Waals surface area contributed by atoms with E-state index >= 15 is 0 Å². The van der Waals surface area contributed by atoms with Crippen molar-refractivity contribution >= 4 is 5.91 Å². The van der Waals surface area contributed by atoms with Crippen LogP contribution in [0.25, 0.3) is 0 Å². The highest BCUT2D eigenvalue weighted by Crippen LogP contribution is 2.06. The summed E-state index contributed by atoms with van der Waals surface area (Å²) in [7, 11) is 0. The molecule has 0 spiro atoms. The van der Waals surface area contributed by atoms with E-state index in [2.05, 4.69) is 5.32 Å². The second-order valence-electron chi connectivity index (χ2n) is 4.38. The van der Waals surface area contributed by atoms with Gasteiger partial charge in [-0.1, -0.05) is 31.5 Å². The number of hydrogen-bond acceptors (Lipinski definition) is 2. The summed E-state index contributed by atoms with van der Waals surface area (Å²) >= 11 is 0. The fourth-order valence-corrected chi connectivity index (χ4v) is 1.46. The van der Waals surface area contributed by atoms with Crippen molar-refractivity contribution in [3.63, 3.8) is 0 Å². The third-order valence-corrected chi connectivity index (χ3v) is 2.60. The lowest BCUT2D eigenvalue weighted by Gasteiger charge is -2.19. The Labute approximate surface area is 96.5 Å². The fourth-order valence-electron chi connectivity index (χ4n) is 1.46. The van der Waals surface area contributed by atoms with E-state index in [9.17, 15) is 4.79 Å². The summed E-state index contributed by atoms with van der Waals surface area (Å²) in [6.45, 7) is 5.85. The van der Waals surface area contributed by atoms with Crippen LogP contribution in [-0.4, -0.2) is 23.7 Å². The summed E-state index contributed by atoms with van der Waals surface area (Å²) in [5, 5.41) is 12.0. The van der Waals surface area contributed by atoms with Crippen molar-refractivity contribution < 1.29 is 9.90 Å². The van der Waals surface area contributed by atoms with E-state index in [1.165, 1.54) is 0 Å². The van der Waals surface area contributed by atoms with Gasteiger partial charge in [-0.05, 0) is 25.0 Å². The topological polar surface area (TPSA) is 49.3 Å². The molecule has 0 saturated carbocycles. The van der Waals surface area contributed by atoms with E-state index in [4.69, 9.17) is 5.11 Å². The summed E-state index contributed by atoms with van der Waals surface area (Å²) in [6.07, 6.45) is 0. The highest BCUT2D eigenvalue weighted by atomic mass is 16.3. The molecule has 2 N–H and O–H groups in total. The van der Waals surface area contributed by atoms with Crippen molar-refractivity contribution in [3.05, 3.63) is 35.4 Å². The Hall–Kier alpha value is -1.35. The van der Waals surface area contributed by atoms with Crippen molar-refractivity contribution in [2.75, 3.05) is 6.61 Å². The fraction of sp³-hybridized carbons (Fsp3) is 0.462. The molecule has 0 fully saturated rings. The zero-order chi connectivity index (χ0) is 12.1. The maximum absolute atomic E-state index is 11.8. The molecule has 3 heteroatoms. The first kappa shape index (κ1) is 12.7. The molecule has 0 aromatic heterocycles. The highest BCUT2D eigenvalue weighted by molar-refractivity contribution is 5.94. The molecule has 0 bridgehead atoms. The average molecular weight is 221 g/mol. The summed E-state index contributed by atoms with van der Waals surface area (Å²) in [5.74, 6) is 0.0928. The van der Waals surface area contributed by atoms with Gasteiger partial charge in [0.1, 0.15) is 0 Å². The molecule has 0 aliphatic heterocycles. The molecular formula is C13H19NO2. The first-order valence-electron chi connectivity index (χ1n) is 5.53. The molecule has 0 unspecified atom stereocenters. The molecule has 0 saturated heterocycles. The van der Waals surface area contributed by atoms with Gasteiger partial charge in [-0.2, -0.15) is 0 Å². The van der Waals surface area contributed by atoms with Gasteiger partial charge in [-0.3, -0.25) is 4.79 Å². The number of carbonyl (C=O) groups is 1. The molecule has 16 heavy (non-hydrogen) atoms. The lowest BCUT2D eigenvalue weighted by molar-refractivity contribution is 0.0897. The Balaban J connectivity index is 2.72. The van der Waals surface area contributed by atoms with Gasteiger partial charge >= 0.3 is 0 Å². The summed E-state index contributed by atoms with van der Waals surface area (Å²) in [4.78, 5) is 11.8. The monoisotopic (exact) mass is 221 g/mol. The second-order valence-corrected chi connectivity index (χ2v) is 4.38. The smallest absolute Gasteiger partial charge is 0.251 e. The largest absolute Gasteiger partial charge is 0.394 e. The van der Waals surface area contributed by atoms with Crippen molar-refractivity contribution in [1.29, 1.82) is 0 Å². The first-order valence-corrected chi connectivity index (χ1v) is 5.53. The lowest BCUT2D eigenvalue weighted by atomic mass is 10.0. The number of aryl methyl sites for hydroxylation is 1. The van der Waals surface area contributed by atoms with Crippen LogP contribution in [0, 0.1) is 12.8 Å². The maximum atomic E-state index is 11.8. The number of carbonyl (C=O) groups excluding carboxylic acids is 1. The predicted molar refractivity (Wildman–Crippen MR) is 64.4 cm³/mol. The Morgan fingerprint density at radius 3 is 2.62 bits per heavy atom. The van der Waals surface area contributed by atoms with Crippen LogP contribution in [0.3, 0.4) is 0 Å². The van der Waals surface area contributed by atoms with Gasteiger partial charge in [0.05, 0.1) is 12.6 Å². The van der Waals surface area contributed by atoms with E-state index in [0.717, 1.165) is 5.56 Å². The van der Waals surface area contributed by atoms with Gasteiger partial charge in [0, 0.05) is 5.56 Å². The Bertz CT molecular complexity index is 361. The van der Waals surface area contributed by atoms with Gasteiger partial charge in [0.15, 0.2) is 0 Å². The molecule has 1 aromatic rings. The molecule has 0 heterocycles. The molecule has 1 amide bonds. The normalized spacial score (nSPS) is 12.6. The van der Waals surface area contributed by atoms with E-state index in [0.29, 0.717) is 5.56 Å². The zero-order valence-electron chi connectivity index (χ0n) is 10.0. The van der Waals surface area contributed by atoms with Gasteiger partial charge in [-0.25, -0.2) is 0 Å². The van der Waals surface area contributed by atoms with Crippen LogP contribution >= 0.6 is 0 Å². The molecule has 1 aromatic carbocycles. The van der Waals surface area contributed by atoms with Crippen LogP contribution < -0.4 is 5.32 Å². The number of nitrogens with one attached hydrogen (secondary N) is 1. The van der Waals surface area contributed by atoms with Crippen molar-refractivity contribution in [2.45, 2.75) is 26.8 Å². The standard InChI is InChI=1S/C13H19NO2/c1-9(2)12(8-15)14-13(16)11-6-4-5-10(3)7-11/h4-7,9,12,15H,8H2,1-3H3,(H,14,16)/t12-/m1/s1. The Morgan fingerprint density at radius 1 is 1.44 bits per heavy atom. The average Bonchev–Trinajstić information content (AvgIpc) is 2.25. The number of benzene rings is 1. The predicted octanol–water partition coefficient (Wildman–Crippen LogP) is 1.74. The Morgan fingerprint density at radius 2 is 2.12 bits per heavy atom. The number of aliphatic hydroxyl groups excluding tert-OH is 1. The molecule has 1 atom stereocenters. The van der Waals surface area contributed by atoms with Crippen molar-refractivity contribution in [3.8, 4) is 0 Å². The molecule has 3 nitrogen and oxygen atoms in total. The summed E-state index contributed by atoms with van der Waals surface area (Å²) in [6, 6.07) is 7.23. The van der Waals surface area contributed by atoms with Crippen molar-refractivity contribution in [2.24, 2.45) is 5.92 Å². The van der Waals surface area contributed by atoms with E-state index in [1.807, 2.05) is 39.0 Å². The quantitative estimate of drug-likeness (QED) is 0.813. The number of amides is 1. The number of hydrogen-bond donors (Lipinski definition) is 2. The van der Waals surface area contributed by atoms with Crippen LogP contribution in [0.1, 0.15) is 29.8 Å². The first-order chi connectivity index (χ1) is 7.54. The van der Waals surface area contributed by atoms with Crippen LogP contribution in [0.15, 0.2) is 24.3 Å². The molecule has 1 rings (SSSR count). The van der Waals surface area contributed by atoms with Gasteiger partial charge < -0.3 is 10.4 Å². The van der Waals surface area contributed by atoms with Crippen LogP contribution in [0.4, 0.5) is 0 Å². The lowest BCUT2D eigenvalue weighted by Crippen LogP contribution is -2.41. The third kappa shape index (κ3) is 3.35. The van der Waals surface area contributed by atoms with E-state index < -0.39 is 0 Å². The molecule has 0 aliphatic rings. The van der Waals surface area contributed by atoms with Gasteiger partial charge in [0.2, 0.25) is 0 Å². The maximum Gasteiger partial charge on any atom is 0.251 e. The second kappa shape index (κ2) is 5.66. The van der Waals surface area contributed by atoms with Crippen LogP contribution in [0.5, 0.6) is 0 Å². The van der Waals surface area contributed by atoms with Gasteiger partial charge in [-0.15, -0.1) is 0 Å². The summed E-state index contributed by atoms with van der Waals surface area (Å²) < 4.78 is 0. The number of rotatable bonds is 4. The Kier molecular flexibility index (Phi) is 4.50. The minimum Gasteiger partial charge on any atom is -0.394 e. The number of aliphatic hydroxyl groups is 1. The van der Waals surface area contributed by atoms with E-state index in [-0.39, 0.29) is 24.5 Å². The van der Waals surface area contributed by atoms with Gasteiger partial charge in [0.25, 0.3) is 5.91 Å². The minimum atomic E-state index is -0.187. The third-order valence-electron chi connectivity index (χ3n) is 2.60.